The summed E-state index contributed by atoms with van der Waals surface area (Å²) in [7, 11) is 1.48. The van der Waals surface area contributed by atoms with Gasteiger partial charge in [-0.15, -0.1) is 0 Å². The molecule has 8 heteroatoms. The molecule has 0 fully saturated rings. The van der Waals surface area contributed by atoms with Gasteiger partial charge in [0.15, 0.2) is 0 Å². The van der Waals surface area contributed by atoms with Crippen LogP contribution < -0.4 is 15.4 Å². The van der Waals surface area contributed by atoms with E-state index in [9.17, 15) is 14.0 Å². The number of hydrogen-bond donors (Lipinski definition) is 2. The Kier molecular flexibility index (Phi) is 5.16. The van der Waals surface area contributed by atoms with Crippen molar-refractivity contribution < 1.29 is 18.7 Å². The fraction of sp³-hybridized carbons (Fsp3) is 0.105. The van der Waals surface area contributed by atoms with Crippen LogP contribution in [0, 0.1) is 5.82 Å². The number of carbonyl (C=O) groups is 2. The third kappa shape index (κ3) is 4.12. The maximum absolute atomic E-state index is 13.1. The summed E-state index contributed by atoms with van der Waals surface area (Å²) in [6, 6.07) is 10.6. The van der Waals surface area contributed by atoms with Crippen molar-refractivity contribution in [3.63, 3.8) is 0 Å². The summed E-state index contributed by atoms with van der Waals surface area (Å²) in [6.07, 6.45) is 2.87. The van der Waals surface area contributed by atoms with Crippen LogP contribution in [0.15, 0.2) is 55.0 Å². The van der Waals surface area contributed by atoms with E-state index < -0.39 is 5.91 Å². The summed E-state index contributed by atoms with van der Waals surface area (Å²) in [4.78, 5) is 28.0. The number of nitrogens with one attached hydrogen (secondary N) is 2. The first-order chi connectivity index (χ1) is 13.0. The van der Waals surface area contributed by atoms with Crippen molar-refractivity contribution in [2.45, 2.75) is 6.92 Å². The molecule has 2 N–H and O–H groups in total. The number of aromatic nitrogens is 2. The van der Waals surface area contributed by atoms with Gasteiger partial charge in [0.1, 0.15) is 17.3 Å². The van der Waals surface area contributed by atoms with Crippen molar-refractivity contribution in [3.8, 4) is 11.4 Å². The molecule has 2 amide bonds. The van der Waals surface area contributed by atoms with Crippen molar-refractivity contribution in [1.29, 1.82) is 0 Å². The molecule has 0 atom stereocenters. The predicted molar refractivity (Wildman–Crippen MR) is 98.8 cm³/mol. The minimum Gasteiger partial charge on any atom is -0.495 e. The molecule has 0 saturated heterocycles. The van der Waals surface area contributed by atoms with Crippen LogP contribution in [-0.2, 0) is 4.79 Å². The van der Waals surface area contributed by atoms with Crippen LogP contribution in [0.3, 0.4) is 0 Å². The Bertz CT molecular complexity index is 983. The van der Waals surface area contributed by atoms with E-state index in [2.05, 4.69) is 15.6 Å². The Morgan fingerprint density at radius 3 is 2.52 bits per heavy atom. The summed E-state index contributed by atoms with van der Waals surface area (Å²) in [6.45, 7) is 1.39. The Morgan fingerprint density at radius 1 is 1.11 bits per heavy atom. The molecule has 0 aliphatic rings. The number of anilines is 2. The van der Waals surface area contributed by atoms with Gasteiger partial charge in [-0.2, -0.15) is 0 Å². The lowest BCUT2D eigenvalue weighted by molar-refractivity contribution is -0.114. The van der Waals surface area contributed by atoms with Crippen LogP contribution in [0.5, 0.6) is 5.75 Å². The number of imidazole rings is 1. The molecule has 1 heterocycles. The smallest absolute Gasteiger partial charge is 0.274 e. The van der Waals surface area contributed by atoms with Gasteiger partial charge in [-0.3, -0.25) is 14.2 Å². The third-order valence-electron chi connectivity index (χ3n) is 3.74. The number of benzene rings is 2. The fourth-order valence-electron chi connectivity index (χ4n) is 2.54. The summed E-state index contributed by atoms with van der Waals surface area (Å²) in [5.74, 6) is -0.600. The van der Waals surface area contributed by atoms with Gasteiger partial charge in [-0.1, -0.05) is 0 Å². The number of methoxy groups -OCH3 is 1. The fourth-order valence-corrected chi connectivity index (χ4v) is 2.54. The molecule has 0 radical (unpaired) electrons. The first kappa shape index (κ1) is 18.1. The van der Waals surface area contributed by atoms with E-state index in [1.807, 2.05) is 0 Å². The molecule has 3 rings (SSSR count). The molecule has 3 aromatic rings. The third-order valence-corrected chi connectivity index (χ3v) is 3.74. The van der Waals surface area contributed by atoms with Crippen LogP contribution in [0.2, 0.25) is 0 Å². The Morgan fingerprint density at radius 2 is 1.85 bits per heavy atom. The Hall–Kier alpha value is -3.68. The lowest BCUT2D eigenvalue weighted by Crippen LogP contribution is -2.17. The number of rotatable bonds is 5. The summed E-state index contributed by atoms with van der Waals surface area (Å²) in [5.41, 5.74) is 1.76. The first-order valence-corrected chi connectivity index (χ1v) is 8.03. The summed E-state index contributed by atoms with van der Waals surface area (Å²) < 4.78 is 19.9. The van der Waals surface area contributed by atoms with Gasteiger partial charge in [0.25, 0.3) is 5.91 Å². The molecular formula is C19H17FN4O3. The highest BCUT2D eigenvalue weighted by molar-refractivity contribution is 6.04. The van der Waals surface area contributed by atoms with Gasteiger partial charge in [-0.25, -0.2) is 9.37 Å². The molecule has 0 aliphatic heterocycles. The lowest BCUT2D eigenvalue weighted by atomic mass is 10.2. The monoisotopic (exact) mass is 368 g/mol. The van der Waals surface area contributed by atoms with Crippen LogP contribution >= 0.6 is 0 Å². The quantitative estimate of drug-likeness (QED) is 0.724. The molecule has 138 valence electrons. The standard InChI is InChI=1S/C19H17FN4O3/c1-12(25)22-14-5-8-18(27-2)16(9-14)23-19(26)17-10-21-11-24(17)15-6-3-13(20)4-7-15/h3-11H,1-2H3,(H,22,25)(H,23,26). The van der Waals surface area contributed by atoms with Crippen molar-refractivity contribution >= 4 is 23.2 Å². The molecule has 1 aromatic heterocycles. The minimum atomic E-state index is -0.435. The van der Waals surface area contributed by atoms with E-state index in [0.29, 0.717) is 22.8 Å². The highest BCUT2D eigenvalue weighted by Crippen LogP contribution is 2.28. The second-order valence-electron chi connectivity index (χ2n) is 5.68. The molecule has 0 aliphatic carbocycles. The second kappa shape index (κ2) is 7.69. The molecular weight excluding hydrogens is 351 g/mol. The van der Waals surface area contributed by atoms with Crippen molar-refractivity contribution in [2.24, 2.45) is 0 Å². The maximum Gasteiger partial charge on any atom is 0.274 e. The van der Waals surface area contributed by atoms with Crippen LogP contribution in [0.1, 0.15) is 17.4 Å². The highest BCUT2D eigenvalue weighted by Gasteiger charge is 2.16. The minimum absolute atomic E-state index is 0.230. The van der Waals surface area contributed by atoms with Gasteiger partial charge < -0.3 is 15.4 Å². The number of nitrogens with zero attached hydrogens (tertiary/aromatic N) is 2. The van der Waals surface area contributed by atoms with Crippen molar-refractivity contribution in [3.05, 3.63) is 66.5 Å². The van der Waals surface area contributed by atoms with Gasteiger partial charge in [0.05, 0.1) is 25.3 Å². The molecule has 0 spiro atoms. The summed E-state index contributed by atoms with van der Waals surface area (Å²) >= 11 is 0. The zero-order chi connectivity index (χ0) is 19.4. The Balaban J connectivity index is 1.89. The van der Waals surface area contributed by atoms with E-state index in [-0.39, 0.29) is 17.4 Å². The molecule has 0 saturated carbocycles. The van der Waals surface area contributed by atoms with E-state index in [0.717, 1.165) is 0 Å². The number of hydrogen-bond acceptors (Lipinski definition) is 4. The lowest BCUT2D eigenvalue weighted by Gasteiger charge is -2.13. The molecule has 7 nitrogen and oxygen atoms in total. The topological polar surface area (TPSA) is 85.2 Å². The van der Waals surface area contributed by atoms with Crippen LogP contribution in [0.4, 0.5) is 15.8 Å². The van der Waals surface area contributed by atoms with E-state index in [1.165, 1.54) is 38.7 Å². The van der Waals surface area contributed by atoms with Gasteiger partial charge >= 0.3 is 0 Å². The second-order valence-corrected chi connectivity index (χ2v) is 5.68. The zero-order valence-electron chi connectivity index (χ0n) is 14.7. The predicted octanol–water partition coefficient (Wildman–Crippen LogP) is 3.23. The van der Waals surface area contributed by atoms with Gasteiger partial charge in [-0.05, 0) is 42.5 Å². The normalized spacial score (nSPS) is 10.3. The summed E-state index contributed by atoms with van der Waals surface area (Å²) in [5, 5.41) is 5.40. The van der Waals surface area contributed by atoms with E-state index in [1.54, 1.807) is 34.9 Å². The SMILES string of the molecule is COc1ccc(NC(C)=O)cc1NC(=O)c1cncn1-c1ccc(F)cc1. The Labute approximate surface area is 154 Å². The van der Waals surface area contributed by atoms with Crippen LogP contribution in [-0.4, -0.2) is 28.5 Å². The maximum atomic E-state index is 13.1. The first-order valence-electron chi connectivity index (χ1n) is 8.03. The van der Waals surface area contributed by atoms with Gasteiger partial charge in [0.2, 0.25) is 5.91 Å². The number of carbonyl (C=O) groups excluding carboxylic acids is 2. The zero-order valence-corrected chi connectivity index (χ0v) is 14.7. The van der Waals surface area contributed by atoms with E-state index >= 15 is 0 Å². The van der Waals surface area contributed by atoms with Crippen LogP contribution in [0.25, 0.3) is 5.69 Å². The average molecular weight is 368 g/mol. The largest absolute Gasteiger partial charge is 0.495 e. The van der Waals surface area contributed by atoms with Crippen molar-refractivity contribution in [1.82, 2.24) is 9.55 Å². The molecule has 0 unspecified atom stereocenters. The number of halogens is 1. The molecule has 2 aromatic carbocycles. The molecule has 27 heavy (non-hydrogen) atoms. The molecule has 0 bridgehead atoms. The highest BCUT2D eigenvalue weighted by atomic mass is 19.1. The van der Waals surface area contributed by atoms with E-state index in [4.69, 9.17) is 4.74 Å². The van der Waals surface area contributed by atoms with Gasteiger partial charge in [0, 0.05) is 18.3 Å². The number of ether oxygens (including phenoxy) is 1. The average Bonchev–Trinajstić information content (AvgIpc) is 3.12. The van der Waals surface area contributed by atoms with Crippen molar-refractivity contribution in [2.75, 3.05) is 17.7 Å². The number of amides is 2.